The second kappa shape index (κ2) is 9.36. The molecule has 0 atom stereocenters. The van der Waals surface area contributed by atoms with Crippen LogP contribution >= 0.6 is 12.4 Å². The Balaban J connectivity index is 0.00000289. The highest BCUT2D eigenvalue weighted by atomic mass is 35.5. The summed E-state index contributed by atoms with van der Waals surface area (Å²) in [5, 5.41) is 3.48. The fourth-order valence-electron chi connectivity index (χ4n) is 4.59. The van der Waals surface area contributed by atoms with Crippen molar-refractivity contribution in [2.75, 3.05) is 13.1 Å². The lowest BCUT2D eigenvalue weighted by Gasteiger charge is -2.26. The number of fused-ring (bicyclic) bond motifs is 2. The van der Waals surface area contributed by atoms with Gasteiger partial charge >= 0.3 is 15.6 Å². The number of piperidine rings is 1. The number of rotatable bonds is 5. The van der Waals surface area contributed by atoms with Gasteiger partial charge in [0.1, 0.15) is 5.75 Å². The first-order valence-electron chi connectivity index (χ1n) is 10.9. The number of H-pyrrole nitrogens is 1. The molecular weight excluding hydrogens is 507 g/mol. The SMILES string of the molecule is Cl.O=C1NCc2c(OS(=O)(=O)C(F)(F)F)ccc(-c3cc4cc(CN5CCCCC5)ccc4[nH]3)c21. The van der Waals surface area contributed by atoms with E-state index in [0.717, 1.165) is 36.6 Å². The fraction of sp³-hybridized carbons (Fsp3) is 0.348. The topological polar surface area (TPSA) is 91.5 Å². The van der Waals surface area contributed by atoms with Crippen molar-refractivity contribution in [3.63, 3.8) is 0 Å². The Morgan fingerprint density at radius 3 is 2.49 bits per heavy atom. The van der Waals surface area contributed by atoms with Gasteiger partial charge in [-0.25, -0.2) is 0 Å². The second-order valence-corrected chi connectivity index (χ2v) is 10.1. The third-order valence-corrected chi connectivity index (χ3v) is 7.20. The molecule has 188 valence electrons. The number of halogens is 4. The Kier molecular flexibility index (Phi) is 6.78. The number of benzene rings is 2. The van der Waals surface area contributed by atoms with Gasteiger partial charge in [-0.1, -0.05) is 12.5 Å². The van der Waals surface area contributed by atoms with Crippen LogP contribution in [0, 0.1) is 0 Å². The predicted molar refractivity (Wildman–Crippen MR) is 127 cm³/mol. The van der Waals surface area contributed by atoms with Crippen molar-refractivity contribution in [1.82, 2.24) is 15.2 Å². The minimum absolute atomic E-state index is 0. The summed E-state index contributed by atoms with van der Waals surface area (Å²) in [5.74, 6) is -1.03. The molecule has 2 aromatic carbocycles. The monoisotopic (exact) mass is 529 g/mol. The van der Waals surface area contributed by atoms with Crippen LogP contribution in [-0.2, 0) is 23.2 Å². The van der Waals surface area contributed by atoms with Crippen LogP contribution in [0.25, 0.3) is 22.2 Å². The number of nitrogens with zero attached hydrogens (tertiary/aromatic N) is 1. The Labute approximate surface area is 206 Å². The molecule has 1 saturated heterocycles. The number of hydrogen-bond donors (Lipinski definition) is 2. The van der Waals surface area contributed by atoms with Crippen LogP contribution in [0.5, 0.6) is 5.75 Å². The van der Waals surface area contributed by atoms with Gasteiger partial charge < -0.3 is 14.5 Å². The highest BCUT2D eigenvalue weighted by Gasteiger charge is 2.49. The van der Waals surface area contributed by atoms with Gasteiger partial charge in [-0.2, -0.15) is 21.6 Å². The minimum Gasteiger partial charge on any atom is -0.376 e. The molecule has 3 aromatic rings. The summed E-state index contributed by atoms with van der Waals surface area (Å²) in [6.07, 6.45) is 3.67. The zero-order valence-corrected chi connectivity index (χ0v) is 20.1. The van der Waals surface area contributed by atoms with Crippen LogP contribution < -0.4 is 9.50 Å². The maximum atomic E-state index is 12.8. The maximum Gasteiger partial charge on any atom is 0.534 e. The number of nitrogens with one attached hydrogen (secondary N) is 2. The summed E-state index contributed by atoms with van der Waals surface area (Å²) < 4.78 is 65.7. The first-order valence-corrected chi connectivity index (χ1v) is 12.3. The van der Waals surface area contributed by atoms with Crippen molar-refractivity contribution in [2.24, 2.45) is 0 Å². The Morgan fingerprint density at radius 1 is 1.03 bits per heavy atom. The number of carbonyl (C=O) groups excluding carboxylic acids is 1. The molecule has 0 spiro atoms. The van der Waals surface area contributed by atoms with Crippen LogP contribution in [0.1, 0.15) is 40.7 Å². The lowest BCUT2D eigenvalue weighted by Crippen LogP contribution is -2.28. The van der Waals surface area contributed by atoms with Crippen molar-refractivity contribution >= 4 is 39.3 Å². The summed E-state index contributed by atoms with van der Waals surface area (Å²) in [6, 6.07) is 10.5. The van der Waals surface area contributed by atoms with Crippen LogP contribution in [0.4, 0.5) is 13.2 Å². The van der Waals surface area contributed by atoms with Crippen molar-refractivity contribution in [3.8, 4) is 17.0 Å². The summed E-state index contributed by atoms with van der Waals surface area (Å²) in [6.45, 7) is 2.88. The molecule has 0 saturated carbocycles. The van der Waals surface area contributed by atoms with E-state index < -0.39 is 27.3 Å². The van der Waals surface area contributed by atoms with Crippen molar-refractivity contribution in [2.45, 2.75) is 37.9 Å². The summed E-state index contributed by atoms with van der Waals surface area (Å²) in [7, 11) is -5.86. The molecule has 1 aromatic heterocycles. The van der Waals surface area contributed by atoms with Gasteiger partial charge in [0.15, 0.2) is 0 Å². The third-order valence-electron chi connectivity index (χ3n) is 6.24. The van der Waals surface area contributed by atoms with Gasteiger partial charge in [0.25, 0.3) is 5.91 Å². The number of hydrogen-bond acceptors (Lipinski definition) is 5. The third kappa shape index (κ3) is 4.85. The van der Waals surface area contributed by atoms with E-state index in [0.29, 0.717) is 11.3 Å². The van der Waals surface area contributed by atoms with Gasteiger partial charge in [-0.15, -0.1) is 12.4 Å². The molecule has 0 unspecified atom stereocenters. The molecule has 12 heteroatoms. The van der Waals surface area contributed by atoms with Crippen LogP contribution in [-0.4, -0.2) is 42.8 Å². The molecule has 5 rings (SSSR count). The molecule has 1 amide bonds. The van der Waals surface area contributed by atoms with Crippen molar-refractivity contribution < 1.29 is 30.6 Å². The molecule has 1 fully saturated rings. The first-order chi connectivity index (χ1) is 16.1. The molecule has 0 aliphatic carbocycles. The molecule has 2 aliphatic heterocycles. The van der Waals surface area contributed by atoms with Gasteiger partial charge in [0.05, 0.1) is 5.56 Å². The highest BCUT2D eigenvalue weighted by molar-refractivity contribution is 7.88. The van der Waals surface area contributed by atoms with Crippen LogP contribution in [0.3, 0.4) is 0 Å². The number of aromatic amines is 1. The summed E-state index contributed by atoms with van der Waals surface area (Å²) in [5.41, 5.74) is -2.33. The molecular formula is C23H23ClF3N3O4S. The summed E-state index contributed by atoms with van der Waals surface area (Å²) >= 11 is 0. The molecule has 2 N–H and O–H groups in total. The van der Waals surface area contributed by atoms with Crippen LogP contribution in [0.15, 0.2) is 36.4 Å². The van der Waals surface area contributed by atoms with Gasteiger partial charge in [-0.3, -0.25) is 9.69 Å². The lowest BCUT2D eigenvalue weighted by molar-refractivity contribution is -0.0500. The Morgan fingerprint density at radius 2 is 1.77 bits per heavy atom. The number of carbonyl (C=O) groups is 1. The molecule has 3 heterocycles. The van der Waals surface area contributed by atoms with Gasteiger partial charge in [-0.05, 0) is 61.8 Å². The Hall–Kier alpha value is -2.76. The van der Waals surface area contributed by atoms with E-state index in [4.69, 9.17) is 0 Å². The van der Waals surface area contributed by atoms with Gasteiger partial charge in [0, 0.05) is 40.8 Å². The van der Waals surface area contributed by atoms with E-state index >= 15 is 0 Å². The lowest BCUT2D eigenvalue weighted by atomic mass is 9.99. The zero-order chi connectivity index (χ0) is 24.1. The number of aromatic nitrogens is 1. The smallest absolute Gasteiger partial charge is 0.376 e. The Bertz CT molecular complexity index is 1380. The van der Waals surface area contributed by atoms with E-state index in [1.807, 2.05) is 18.2 Å². The normalized spacial score (nSPS) is 16.6. The van der Waals surface area contributed by atoms with E-state index in [9.17, 15) is 26.4 Å². The van der Waals surface area contributed by atoms with E-state index in [1.165, 1.54) is 30.9 Å². The quantitative estimate of drug-likeness (QED) is 0.369. The molecule has 0 radical (unpaired) electrons. The van der Waals surface area contributed by atoms with E-state index in [-0.39, 0.29) is 30.1 Å². The first kappa shape index (κ1) is 25.3. The van der Waals surface area contributed by atoms with Crippen molar-refractivity contribution in [3.05, 3.63) is 53.1 Å². The van der Waals surface area contributed by atoms with Crippen LogP contribution in [0.2, 0.25) is 0 Å². The predicted octanol–water partition coefficient (Wildman–Crippen LogP) is 4.71. The second-order valence-electron chi connectivity index (χ2n) is 8.57. The average Bonchev–Trinajstić information content (AvgIpc) is 3.38. The average molecular weight is 530 g/mol. The number of alkyl halides is 3. The summed E-state index contributed by atoms with van der Waals surface area (Å²) in [4.78, 5) is 18.2. The fourth-order valence-corrected chi connectivity index (χ4v) is 5.08. The zero-order valence-electron chi connectivity index (χ0n) is 18.4. The van der Waals surface area contributed by atoms with E-state index in [2.05, 4.69) is 25.5 Å². The molecule has 35 heavy (non-hydrogen) atoms. The van der Waals surface area contributed by atoms with Crippen molar-refractivity contribution in [1.29, 1.82) is 0 Å². The standard InChI is InChI=1S/C23H22F3N3O4S.ClH/c24-23(25,26)34(31,32)33-20-7-5-16(21-17(20)12-27-22(21)30)19-11-15-10-14(4-6-18(15)28-19)13-29-8-2-1-3-9-29;/h4-7,10-11,28H,1-3,8-9,12-13H2,(H,27,30);1H. The highest BCUT2D eigenvalue weighted by Crippen LogP contribution is 2.38. The minimum atomic E-state index is -5.86. The number of amides is 1. The maximum absolute atomic E-state index is 12.8. The molecule has 7 nitrogen and oxygen atoms in total. The molecule has 0 bridgehead atoms. The largest absolute Gasteiger partial charge is 0.534 e. The van der Waals surface area contributed by atoms with Gasteiger partial charge in [0.2, 0.25) is 0 Å². The molecule has 2 aliphatic rings. The number of likely N-dealkylation sites (tertiary alicyclic amines) is 1. The van der Waals surface area contributed by atoms with E-state index in [1.54, 1.807) is 0 Å².